The summed E-state index contributed by atoms with van der Waals surface area (Å²) in [6.07, 6.45) is 2.71. The number of anilines is 1. The van der Waals surface area contributed by atoms with E-state index in [1.807, 2.05) is 18.4 Å². The number of amides is 1. The molecule has 0 saturated heterocycles. The van der Waals surface area contributed by atoms with Gasteiger partial charge in [0.1, 0.15) is 0 Å². The van der Waals surface area contributed by atoms with Crippen molar-refractivity contribution < 1.29 is 4.79 Å². The molecule has 19 heavy (non-hydrogen) atoms. The third kappa shape index (κ3) is 4.37. The maximum absolute atomic E-state index is 11.9. The fraction of sp³-hybridized carbons (Fsp3) is 0.286. The van der Waals surface area contributed by atoms with Gasteiger partial charge < -0.3 is 11.1 Å². The lowest BCUT2D eigenvalue weighted by molar-refractivity contribution is -0.121. The van der Waals surface area contributed by atoms with Crippen LogP contribution in [-0.2, 0) is 17.6 Å². The van der Waals surface area contributed by atoms with Gasteiger partial charge in [0.15, 0.2) is 0 Å². The molecular formula is C14H17N3OS. The van der Waals surface area contributed by atoms with Crippen LogP contribution in [0.3, 0.4) is 0 Å². The molecule has 2 aromatic heterocycles. The Bertz CT molecular complexity index is 522. The van der Waals surface area contributed by atoms with Gasteiger partial charge in [0.25, 0.3) is 0 Å². The maximum Gasteiger partial charge on any atom is 0.226 e. The molecule has 1 unspecified atom stereocenters. The van der Waals surface area contributed by atoms with Gasteiger partial charge in [0.05, 0.1) is 18.3 Å². The van der Waals surface area contributed by atoms with E-state index in [0.29, 0.717) is 5.69 Å². The molecule has 0 aliphatic heterocycles. The molecule has 0 bridgehead atoms. The standard InChI is InChI=1S/C14H17N3OS/c1-10(7-13-3-2-6-19-13)17-14(18)8-12-5-4-11(15)9-16-12/h2-6,9-10H,7-8,15H2,1H3,(H,17,18). The lowest BCUT2D eigenvalue weighted by Crippen LogP contribution is -2.35. The monoisotopic (exact) mass is 275 g/mol. The number of aromatic nitrogens is 1. The van der Waals surface area contributed by atoms with Crippen LogP contribution < -0.4 is 11.1 Å². The largest absolute Gasteiger partial charge is 0.397 e. The normalized spacial score (nSPS) is 12.1. The van der Waals surface area contributed by atoms with E-state index in [0.717, 1.165) is 12.1 Å². The molecule has 3 N–H and O–H groups in total. The molecule has 0 aromatic carbocycles. The van der Waals surface area contributed by atoms with Crippen molar-refractivity contribution >= 4 is 22.9 Å². The van der Waals surface area contributed by atoms with E-state index in [1.54, 1.807) is 29.7 Å². The van der Waals surface area contributed by atoms with E-state index in [4.69, 9.17) is 5.73 Å². The molecule has 2 aromatic rings. The van der Waals surface area contributed by atoms with Crippen LogP contribution in [0.25, 0.3) is 0 Å². The predicted octanol–water partition coefficient (Wildman–Crippen LogP) is 2.02. The number of hydrogen-bond acceptors (Lipinski definition) is 4. The molecular weight excluding hydrogens is 258 g/mol. The fourth-order valence-electron chi connectivity index (χ4n) is 1.81. The number of carbonyl (C=O) groups is 1. The molecule has 100 valence electrons. The van der Waals surface area contributed by atoms with Crippen molar-refractivity contribution in [2.45, 2.75) is 25.8 Å². The highest BCUT2D eigenvalue weighted by atomic mass is 32.1. The van der Waals surface area contributed by atoms with Crippen molar-refractivity contribution in [1.82, 2.24) is 10.3 Å². The zero-order valence-corrected chi connectivity index (χ0v) is 11.6. The molecule has 2 rings (SSSR count). The molecule has 1 amide bonds. The van der Waals surface area contributed by atoms with Gasteiger partial charge in [0, 0.05) is 23.0 Å². The highest BCUT2D eigenvalue weighted by molar-refractivity contribution is 7.09. The molecule has 1 atom stereocenters. The second-order valence-corrected chi connectivity index (χ2v) is 5.54. The fourth-order valence-corrected chi connectivity index (χ4v) is 2.65. The third-order valence-corrected chi connectivity index (χ3v) is 3.58. The Labute approximate surface area is 116 Å². The molecule has 0 spiro atoms. The summed E-state index contributed by atoms with van der Waals surface area (Å²) in [5.41, 5.74) is 6.89. The Hall–Kier alpha value is -1.88. The summed E-state index contributed by atoms with van der Waals surface area (Å²) in [5.74, 6) is -0.0127. The summed E-state index contributed by atoms with van der Waals surface area (Å²) < 4.78 is 0. The van der Waals surface area contributed by atoms with Crippen LogP contribution in [0.15, 0.2) is 35.8 Å². The molecule has 4 nitrogen and oxygen atoms in total. The zero-order valence-electron chi connectivity index (χ0n) is 10.8. The van der Waals surface area contributed by atoms with Gasteiger partial charge in [-0.15, -0.1) is 11.3 Å². The summed E-state index contributed by atoms with van der Waals surface area (Å²) in [7, 11) is 0. The highest BCUT2D eigenvalue weighted by Crippen LogP contribution is 2.11. The van der Waals surface area contributed by atoms with E-state index in [2.05, 4.69) is 16.4 Å². The molecule has 2 heterocycles. The van der Waals surface area contributed by atoms with E-state index in [1.165, 1.54) is 4.88 Å². The average Bonchev–Trinajstić information content (AvgIpc) is 2.84. The lowest BCUT2D eigenvalue weighted by atomic mass is 10.2. The van der Waals surface area contributed by atoms with Crippen molar-refractivity contribution in [2.24, 2.45) is 0 Å². The predicted molar refractivity (Wildman–Crippen MR) is 78.0 cm³/mol. The summed E-state index contributed by atoms with van der Waals surface area (Å²) >= 11 is 1.71. The summed E-state index contributed by atoms with van der Waals surface area (Å²) in [6.45, 7) is 2.01. The van der Waals surface area contributed by atoms with E-state index in [9.17, 15) is 4.79 Å². The zero-order chi connectivity index (χ0) is 13.7. The summed E-state index contributed by atoms with van der Waals surface area (Å²) in [4.78, 5) is 17.3. The molecule has 0 fully saturated rings. The Morgan fingerprint density at radius 1 is 1.47 bits per heavy atom. The van der Waals surface area contributed by atoms with Gasteiger partial charge in [-0.1, -0.05) is 6.07 Å². The minimum atomic E-state index is -0.0127. The summed E-state index contributed by atoms with van der Waals surface area (Å²) in [6, 6.07) is 7.76. The van der Waals surface area contributed by atoms with Gasteiger partial charge in [-0.05, 0) is 30.5 Å². The Morgan fingerprint density at radius 2 is 2.32 bits per heavy atom. The van der Waals surface area contributed by atoms with Crippen LogP contribution in [-0.4, -0.2) is 16.9 Å². The molecule has 0 radical (unpaired) electrons. The van der Waals surface area contributed by atoms with Crippen LogP contribution in [0.1, 0.15) is 17.5 Å². The van der Waals surface area contributed by atoms with Crippen LogP contribution in [0.4, 0.5) is 5.69 Å². The smallest absolute Gasteiger partial charge is 0.226 e. The van der Waals surface area contributed by atoms with Crippen molar-refractivity contribution in [3.63, 3.8) is 0 Å². The number of nitrogens with one attached hydrogen (secondary N) is 1. The van der Waals surface area contributed by atoms with Crippen LogP contribution in [0.5, 0.6) is 0 Å². The number of rotatable bonds is 5. The molecule has 0 saturated carbocycles. The number of hydrogen-bond donors (Lipinski definition) is 2. The first-order valence-corrected chi connectivity index (χ1v) is 7.03. The number of nitrogens with zero attached hydrogens (tertiary/aromatic N) is 1. The van der Waals surface area contributed by atoms with Crippen molar-refractivity contribution in [2.75, 3.05) is 5.73 Å². The van der Waals surface area contributed by atoms with Gasteiger partial charge >= 0.3 is 0 Å². The van der Waals surface area contributed by atoms with Crippen molar-refractivity contribution in [3.05, 3.63) is 46.4 Å². The Kier molecular flexibility index (Phi) is 4.52. The van der Waals surface area contributed by atoms with Crippen LogP contribution >= 0.6 is 11.3 Å². The molecule has 0 aliphatic rings. The van der Waals surface area contributed by atoms with E-state index >= 15 is 0 Å². The first-order valence-electron chi connectivity index (χ1n) is 6.15. The first kappa shape index (κ1) is 13.5. The minimum absolute atomic E-state index is 0.0127. The van der Waals surface area contributed by atoms with Gasteiger partial charge in [-0.25, -0.2) is 0 Å². The molecule has 5 heteroatoms. The Morgan fingerprint density at radius 3 is 2.95 bits per heavy atom. The van der Waals surface area contributed by atoms with Gasteiger partial charge in [0.2, 0.25) is 5.91 Å². The number of thiophene rings is 1. The topological polar surface area (TPSA) is 68.0 Å². The first-order chi connectivity index (χ1) is 9.13. The minimum Gasteiger partial charge on any atom is -0.397 e. The number of nitrogens with two attached hydrogens (primary N) is 1. The average molecular weight is 275 g/mol. The molecule has 0 aliphatic carbocycles. The third-order valence-electron chi connectivity index (χ3n) is 2.68. The second kappa shape index (κ2) is 6.33. The maximum atomic E-state index is 11.9. The van der Waals surface area contributed by atoms with E-state index in [-0.39, 0.29) is 18.4 Å². The van der Waals surface area contributed by atoms with Crippen molar-refractivity contribution in [1.29, 1.82) is 0 Å². The lowest BCUT2D eigenvalue weighted by Gasteiger charge is -2.12. The Balaban J connectivity index is 1.82. The van der Waals surface area contributed by atoms with Gasteiger partial charge in [-0.3, -0.25) is 9.78 Å². The number of pyridine rings is 1. The van der Waals surface area contributed by atoms with Crippen molar-refractivity contribution in [3.8, 4) is 0 Å². The number of carbonyl (C=O) groups excluding carboxylic acids is 1. The van der Waals surface area contributed by atoms with Crippen LogP contribution in [0, 0.1) is 0 Å². The summed E-state index contributed by atoms with van der Waals surface area (Å²) in [5, 5.41) is 5.02. The SMILES string of the molecule is CC(Cc1cccs1)NC(=O)Cc1ccc(N)cn1. The second-order valence-electron chi connectivity index (χ2n) is 4.51. The van der Waals surface area contributed by atoms with Crippen LogP contribution in [0.2, 0.25) is 0 Å². The van der Waals surface area contributed by atoms with Gasteiger partial charge in [-0.2, -0.15) is 0 Å². The number of nitrogen functional groups attached to an aromatic ring is 1. The quantitative estimate of drug-likeness (QED) is 0.877. The van der Waals surface area contributed by atoms with E-state index < -0.39 is 0 Å². The highest BCUT2D eigenvalue weighted by Gasteiger charge is 2.10.